The Kier molecular flexibility index (Phi) is 4.75. The van der Waals surface area contributed by atoms with Gasteiger partial charge in [-0.05, 0) is 60.7 Å². The molecule has 0 aliphatic rings. The molecule has 6 aromatic heterocycles. The average molecular weight is 601 g/mol. The highest BCUT2D eigenvalue weighted by Crippen LogP contribution is 2.45. The Morgan fingerprint density at radius 2 is 1.09 bits per heavy atom. The molecule has 0 spiro atoms. The van der Waals surface area contributed by atoms with Gasteiger partial charge in [-0.3, -0.25) is 9.38 Å². The Hall–Kier alpha value is -6.53. The maximum absolute atomic E-state index is 5.10. The van der Waals surface area contributed by atoms with Crippen molar-refractivity contribution in [3.63, 3.8) is 0 Å². The lowest BCUT2D eigenvalue weighted by Crippen LogP contribution is -1.97. The van der Waals surface area contributed by atoms with Crippen molar-refractivity contribution in [2.45, 2.75) is 0 Å². The first-order valence-electron chi connectivity index (χ1n) is 15.8. The van der Waals surface area contributed by atoms with E-state index in [0.29, 0.717) is 0 Å². The molecule has 11 aromatic rings. The molecule has 6 nitrogen and oxygen atoms in total. The lowest BCUT2D eigenvalue weighted by molar-refractivity contribution is 1.18. The summed E-state index contributed by atoms with van der Waals surface area (Å²) in [6.07, 6.45) is 5.65. The zero-order valence-corrected chi connectivity index (χ0v) is 25.0. The van der Waals surface area contributed by atoms with Gasteiger partial charge in [0.25, 0.3) is 0 Å². The summed E-state index contributed by atoms with van der Waals surface area (Å²) in [5.41, 5.74) is 10.6. The van der Waals surface area contributed by atoms with Crippen molar-refractivity contribution >= 4 is 82.1 Å². The molecule has 0 radical (unpaired) electrons. The Morgan fingerprint density at radius 1 is 0.426 bits per heavy atom. The SMILES string of the molecule is c1ccc(-n2c3ccccc3c3c2ccc2c4ccc5c(c6ccncc6n6c7cccnc7nc56)c4n(-c4ccccc4)c23)cc1. The number of benzene rings is 5. The van der Waals surface area contributed by atoms with Crippen molar-refractivity contribution in [1.29, 1.82) is 0 Å². The largest absolute Gasteiger partial charge is 0.309 e. The van der Waals surface area contributed by atoms with Gasteiger partial charge in [-0.15, -0.1) is 0 Å². The molecule has 218 valence electrons. The van der Waals surface area contributed by atoms with E-state index in [1.807, 2.05) is 18.5 Å². The quantitative estimate of drug-likeness (QED) is 0.186. The molecular formula is C41H24N6. The summed E-state index contributed by atoms with van der Waals surface area (Å²) in [6, 6.07) is 45.5. The fraction of sp³-hybridized carbons (Fsp3) is 0. The van der Waals surface area contributed by atoms with E-state index in [4.69, 9.17) is 4.98 Å². The molecule has 0 unspecified atom stereocenters. The minimum absolute atomic E-state index is 0.726. The fourth-order valence-corrected chi connectivity index (χ4v) is 7.91. The van der Waals surface area contributed by atoms with E-state index < -0.39 is 0 Å². The number of rotatable bonds is 2. The standard InChI is InChI=1S/C41H24N6/c1-3-10-25(11-4-1)45-32-15-8-7-14-29(32)37-33(45)20-19-28-27-17-18-31-36(38(27)46(39(28)37)26-12-5-2-6-13-26)30-21-23-42-24-35(30)47-34-16-9-22-43-40(34)44-41(31)47/h1-24H. The number of hydrogen-bond donors (Lipinski definition) is 0. The van der Waals surface area contributed by atoms with E-state index in [9.17, 15) is 0 Å². The second kappa shape index (κ2) is 9.02. The first-order valence-corrected chi connectivity index (χ1v) is 15.8. The third-order valence-corrected chi connectivity index (χ3v) is 9.74. The van der Waals surface area contributed by atoms with Gasteiger partial charge in [-0.25, -0.2) is 9.97 Å². The Labute approximate surface area is 267 Å². The molecule has 0 aliphatic heterocycles. The van der Waals surface area contributed by atoms with Crippen LogP contribution in [0, 0.1) is 0 Å². The second-order valence-corrected chi connectivity index (χ2v) is 12.1. The molecule has 0 saturated carbocycles. The van der Waals surface area contributed by atoms with Gasteiger partial charge in [0.05, 0.1) is 39.3 Å². The number of para-hydroxylation sites is 3. The summed E-state index contributed by atoms with van der Waals surface area (Å²) in [6.45, 7) is 0. The molecule has 0 fully saturated rings. The van der Waals surface area contributed by atoms with E-state index >= 15 is 0 Å². The van der Waals surface area contributed by atoms with Crippen molar-refractivity contribution in [1.82, 2.24) is 28.5 Å². The number of aromatic nitrogens is 6. The molecule has 0 amide bonds. The molecule has 0 atom stereocenters. The Balaban J connectivity index is 1.44. The number of nitrogens with zero attached hydrogens (tertiary/aromatic N) is 6. The summed E-state index contributed by atoms with van der Waals surface area (Å²) in [4.78, 5) is 14.3. The highest BCUT2D eigenvalue weighted by Gasteiger charge is 2.24. The van der Waals surface area contributed by atoms with Crippen molar-refractivity contribution in [2.24, 2.45) is 0 Å². The minimum Gasteiger partial charge on any atom is -0.309 e. The zero-order chi connectivity index (χ0) is 30.6. The van der Waals surface area contributed by atoms with Crippen LogP contribution in [0.3, 0.4) is 0 Å². The first kappa shape index (κ1) is 24.8. The van der Waals surface area contributed by atoms with E-state index in [0.717, 1.165) is 55.4 Å². The lowest BCUT2D eigenvalue weighted by atomic mass is 10.0. The first-order chi connectivity index (χ1) is 23.4. The van der Waals surface area contributed by atoms with Crippen LogP contribution >= 0.6 is 0 Å². The van der Waals surface area contributed by atoms with E-state index in [2.05, 4.69) is 145 Å². The molecule has 47 heavy (non-hydrogen) atoms. The average Bonchev–Trinajstić information content (AvgIpc) is 3.80. The normalized spacial score (nSPS) is 12.3. The van der Waals surface area contributed by atoms with Gasteiger partial charge in [0.1, 0.15) is 5.65 Å². The second-order valence-electron chi connectivity index (χ2n) is 12.1. The monoisotopic (exact) mass is 600 g/mol. The predicted molar refractivity (Wildman–Crippen MR) is 192 cm³/mol. The van der Waals surface area contributed by atoms with Crippen LogP contribution < -0.4 is 0 Å². The van der Waals surface area contributed by atoms with Crippen molar-refractivity contribution < 1.29 is 0 Å². The van der Waals surface area contributed by atoms with Crippen LogP contribution in [-0.4, -0.2) is 28.5 Å². The summed E-state index contributed by atoms with van der Waals surface area (Å²) >= 11 is 0. The summed E-state index contributed by atoms with van der Waals surface area (Å²) in [7, 11) is 0. The smallest absolute Gasteiger partial charge is 0.178 e. The molecule has 0 N–H and O–H groups in total. The van der Waals surface area contributed by atoms with Crippen molar-refractivity contribution in [2.75, 3.05) is 0 Å². The zero-order valence-electron chi connectivity index (χ0n) is 25.0. The van der Waals surface area contributed by atoms with Crippen LogP contribution in [0.1, 0.15) is 0 Å². The Morgan fingerprint density at radius 3 is 1.91 bits per heavy atom. The summed E-state index contributed by atoms with van der Waals surface area (Å²) < 4.78 is 7.08. The maximum atomic E-state index is 5.10. The summed E-state index contributed by atoms with van der Waals surface area (Å²) in [5.74, 6) is 0. The lowest BCUT2D eigenvalue weighted by Gasteiger charge is -2.13. The molecule has 5 aromatic carbocycles. The van der Waals surface area contributed by atoms with Gasteiger partial charge in [0.2, 0.25) is 0 Å². The van der Waals surface area contributed by atoms with Gasteiger partial charge >= 0.3 is 0 Å². The fourth-order valence-electron chi connectivity index (χ4n) is 7.91. The Bertz CT molecular complexity index is 3060. The van der Waals surface area contributed by atoms with Gasteiger partial charge in [0.15, 0.2) is 5.65 Å². The number of fused-ring (bicyclic) bond motifs is 16. The molecule has 11 rings (SSSR count). The molecule has 6 heteroatoms. The van der Waals surface area contributed by atoms with Gasteiger partial charge in [0, 0.05) is 61.5 Å². The molecular weight excluding hydrogens is 576 g/mol. The number of pyridine rings is 3. The van der Waals surface area contributed by atoms with Crippen LogP contribution in [0.15, 0.2) is 146 Å². The van der Waals surface area contributed by atoms with E-state index in [-0.39, 0.29) is 0 Å². The van der Waals surface area contributed by atoms with Gasteiger partial charge < -0.3 is 9.13 Å². The van der Waals surface area contributed by atoms with Gasteiger partial charge in [-0.2, -0.15) is 0 Å². The van der Waals surface area contributed by atoms with Crippen LogP contribution in [0.2, 0.25) is 0 Å². The van der Waals surface area contributed by atoms with Crippen molar-refractivity contribution in [3.8, 4) is 11.4 Å². The van der Waals surface area contributed by atoms with Crippen LogP contribution in [0.5, 0.6) is 0 Å². The van der Waals surface area contributed by atoms with E-state index in [1.54, 1.807) is 6.20 Å². The highest BCUT2D eigenvalue weighted by molar-refractivity contribution is 6.32. The molecule has 0 bridgehead atoms. The molecule has 0 saturated heterocycles. The van der Waals surface area contributed by atoms with Crippen LogP contribution in [-0.2, 0) is 0 Å². The minimum atomic E-state index is 0.726. The number of imidazole rings is 1. The highest BCUT2D eigenvalue weighted by atomic mass is 15.1. The van der Waals surface area contributed by atoms with Crippen LogP contribution in [0.25, 0.3) is 93.5 Å². The van der Waals surface area contributed by atoms with E-state index in [1.165, 1.54) is 38.1 Å². The topological polar surface area (TPSA) is 52.9 Å². The maximum Gasteiger partial charge on any atom is 0.178 e. The van der Waals surface area contributed by atoms with Crippen molar-refractivity contribution in [3.05, 3.63) is 146 Å². The predicted octanol–water partition coefficient (Wildman–Crippen LogP) is 9.78. The summed E-state index contributed by atoms with van der Waals surface area (Å²) in [5, 5.41) is 8.23. The molecule has 0 aliphatic carbocycles. The number of hydrogen-bond acceptors (Lipinski definition) is 3. The third kappa shape index (κ3) is 3.16. The third-order valence-electron chi connectivity index (χ3n) is 9.74. The van der Waals surface area contributed by atoms with Gasteiger partial charge in [-0.1, -0.05) is 66.7 Å². The molecule has 6 heterocycles. The van der Waals surface area contributed by atoms with Crippen LogP contribution in [0.4, 0.5) is 0 Å².